The molecule has 2 heteroatoms. The second-order valence-corrected chi connectivity index (χ2v) is 3.42. The summed E-state index contributed by atoms with van der Waals surface area (Å²) in [6, 6.07) is 0. The van der Waals surface area contributed by atoms with E-state index in [1.54, 1.807) is 12.3 Å². The van der Waals surface area contributed by atoms with Crippen molar-refractivity contribution >= 4 is 0 Å². The van der Waals surface area contributed by atoms with Crippen molar-refractivity contribution in [1.29, 1.82) is 0 Å². The molecule has 0 aliphatic heterocycles. The van der Waals surface area contributed by atoms with Crippen molar-refractivity contribution in [2.45, 2.75) is 44.6 Å². The zero-order valence-corrected chi connectivity index (χ0v) is 7.75. The lowest BCUT2D eigenvalue weighted by molar-refractivity contribution is 0.0483. The molecule has 0 amide bonds. The highest BCUT2D eigenvalue weighted by atomic mass is 16.5. The molecule has 70 valence electrons. The van der Waals surface area contributed by atoms with Gasteiger partial charge in [-0.25, -0.2) is 0 Å². The van der Waals surface area contributed by atoms with Crippen LogP contribution in [-0.2, 0) is 4.74 Å². The van der Waals surface area contributed by atoms with Gasteiger partial charge < -0.3 is 9.84 Å². The smallest absolute Gasteiger partial charge is 0.0859 e. The van der Waals surface area contributed by atoms with E-state index in [1.807, 2.05) is 6.92 Å². The van der Waals surface area contributed by atoms with E-state index >= 15 is 0 Å². The lowest BCUT2D eigenvalue weighted by Crippen LogP contribution is -2.28. The number of aliphatic hydroxyl groups is 1. The molecule has 0 saturated heterocycles. The molecule has 1 rings (SSSR count). The van der Waals surface area contributed by atoms with Crippen LogP contribution >= 0.6 is 0 Å². The zero-order valence-electron chi connectivity index (χ0n) is 7.75. The molecule has 0 unspecified atom stereocenters. The number of ether oxygens (including phenoxy) is 1. The third-order valence-electron chi connectivity index (χ3n) is 2.36. The Hall–Kier alpha value is -0.500. The summed E-state index contributed by atoms with van der Waals surface area (Å²) in [5.74, 6) is 0. The minimum atomic E-state index is -0.576. The van der Waals surface area contributed by atoms with Crippen molar-refractivity contribution in [2.24, 2.45) is 0 Å². The maximum atomic E-state index is 9.93. The molecule has 0 aromatic heterocycles. The summed E-state index contributed by atoms with van der Waals surface area (Å²) in [5, 5.41) is 9.93. The van der Waals surface area contributed by atoms with E-state index in [2.05, 4.69) is 0 Å². The Kier molecular flexibility index (Phi) is 3.60. The van der Waals surface area contributed by atoms with Crippen molar-refractivity contribution in [3.63, 3.8) is 0 Å². The third-order valence-corrected chi connectivity index (χ3v) is 2.36. The highest BCUT2D eigenvalue weighted by molar-refractivity contribution is 4.99. The largest absolute Gasteiger partial charge is 0.502 e. The molecule has 0 atom stereocenters. The first-order chi connectivity index (χ1) is 5.77. The number of rotatable bonds is 3. The van der Waals surface area contributed by atoms with Crippen LogP contribution in [0, 0.1) is 0 Å². The van der Waals surface area contributed by atoms with Gasteiger partial charge in [0.1, 0.15) is 0 Å². The van der Waals surface area contributed by atoms with Gasteiger partial charge in [-0.3, -0.25) is 0 Å². The van der Waals surface area contributed by atoms with Gasteiger partial charge in [0, 0.05) is 0 Å². The lowest BCUT2D eigenvalue weighted by Gasteiger charge is -2.28. The number of hydrogen-bond donors (Lipinski definition) is 1. The maximum absolute atomic E-state index is 9.93. The minimum Gasteiger partial charge on any atom is -0.502 e. The molecular formula is C10H18O2. The molecule has 1 fully saturated rings. The molecule has 1 saturated carbocycles. The van der Waals surface area contributed by atoms with Gasteiger partial charge in [0.15, 0.2) is 0 Å². The molecular weight excluding hydrogens is 152 g/mol. The van der Waals surface area contributed by atoms with Crippen LogP contribution in [0.3, 0.4) is 0 Å². The van der Waals surface area contributed by atoms with Crippen LogP contribution in [-0.4, -0.2) is 17.3 Å². The van der Waals surface area contributed by atoms with Crippen LogP contribution in [0.25, 0.3) is 0 Å². The molecule has 0 aromatic carbocycles. The van der Waals surface area contributed by atoms with Gasteiger partial charge in [0.2, 0.25) is 0 Å². The summed E-state index contributed by atoms with van der Waals surface area (Å²) in [6.45, 7) is 2.61. The summed E-state index contributed by atoms with van der Waals surface area (Å²) < 4.78 is 5.06. The molecule has 1 N–H and O–H groups in total. The average molecular weight is 170 g/mol. The summed E-state index contributed by atoms with van der Waals surface area (Å²) >= 11 is 0. The SMILES string of the molecule is CCO/C=C\C1(O)CCCCC1. The van der Waals surface area contributed by atoms with E-state index < -0.39 is 5.60 Å². The van der Waals surface area contributed by atoms with Gasteiger partial charge in [-0.2, -0.15) is 0 Å². The van der Waals surface area contributed by atoms with Crippen molar-refractivity contribution < 1.29 is 9.84 Å². The van der Waals surface area contributed by atoms with Crippen molar-refractivity contribution in [2.75, 3.05) is 6.61 Å². The predicted octanol–water partition coefficient (Wildman–Crippen LogP) is 2.23. The van der Waals surface area contributed by atoms with E-state index in [0.29, 0.717) is 6.61 Å². The normalized spacial score (nSPS) is 22.8. The second kappa shape index (κ2) is 4.51. The standard InChI is InChI=1S/C10H18O2/c1-2-12-9-8-10(11)6-4-3-5-7-10/h8-9,11H,2-7H2,1H3/b9-8-. The Balaban J connectivity index is 2.35. The van der Waals surface area contributed by atoms with E-state index in [1.165, 1.54) is 6.42 Å². The van der Waals surface area contributed by atoms with Gasteiger partial charge >= 0.3 is 0 Å². The first-order valence-electron chi connectivity index (χ1n) is 4.78. The van der Waals surface area contributed by atoms with Gasteiger partial charge in [-0.15, -0.1) is 0 Å². The Labute approximate surface area is 74.2 Å². The summed E-state index contributed by atoms with van der Waals surface area (Å²) in [7, 11) is 0. The molecule has 1 aliphatic carbocycles. The van der Waals surface area contributed by atoms with Crippen LogP contribution in [0.1, 0.15) is 39.0 Å². The van der Waals surface area contributed by atoms with Crippen molar-refractivity contribution in [1.82, 2.24) is 0 Å². The Morgan fingerprint density at radius 1 is 1.33 bits per heavy atom. The topological polar surface area (TPSA) is 29.5 Å². The molecule has 0 aromatic rings. The summed E-state index contributed by atoms with van der Waals surface area (Å²) in [4.78, 5) is 0. The summed E-state index contributed by atoms with van der Waals surface area (Å²) in [5.41, 5.74) is -0.576. The molecule has 0 spiro atoms. The molecule has 12 heavy (non-hydrogen) atoms. The fourth-order valence-corrected chi connectivity index (χ4v) is 1.60. The van der Waals surface area contributed by atoms with E-state index in [4.69, 9.17) is 4.74 Å². The Morgan fingerprint density at radius 3 is 2.58 bits per heavy atom. The Morgan fingerprint density at radius 2 is 2.00 bits per heavy atom. The highest BCUT2D eigenvalue weighted by Crippen LogP contribution is 2.28. The van der Waals surface area contributed by atoms with Crippen LogP contribution in [0.5, 0.6) is 0 Å². The monoisotopic (exact) mass is 170 g/mol. The highest BCUT2D eigenvalue weighted by Gasteiger charge is 2.25. The predicted molar refractivity (Wildman–Crippen MR) is 48.8 cm³/mol. The fraction of sp³-hybridized carbons (Fsp3) is 0.800. The molecule has 0 heterocycles. The van der Waals surface area contributed by atoms with Crippen LogP contribution in [0.2, 0.25) is 0 Å². The zero-order chi connectivity index (χ0) is 8.86. The third kappa shape index (κ3) is 2.86. The molecule has 2 nitrogen and oxygen atoms in total. The van der Waals surface area contributed by atoms with E-state index in [0.717, 1.165) is 25.7 Å². The van der Waals surface area contributed by atoms with E-state index in [9.17, 15) is 5.11 Å². The van der Waals surface area contributed by atoms with Crippen LogP contribution < -0.4 is 0 Å². The lowest BCUT2D eigenvalue weighted by atomic mass is 9.85. The fourth-order valence-electron chi connectivity index (χ4n) is 1.60. The average Bonchev–Trinajstić information content (AvgIpc) is 2.06. The first kappa shape index (κ1) is 9.59. The van der Waals surface area contributed by atoms with Crippen LogP contribution in [0.15, 0.2) is 12.3 Å². The Bertz CT molecular complexity index is 146. The summed E-state index contributed by atoms with van der Waals surface area (Å²) in [6.07, 6.45) is 8.72. The molecule has 0 radical (unpaired) electrons. The maximum Gasteiger partial charge on any atom is 0.0859 e. The second-order valence-electron chi connectivity index (χ2n) is 3.42. The van der Waals surface area contributed by atoms with Gasteiger partial charge in [0.25, 0.3) is 0 Å². The quantitative estimate of drug-likeness (QED) is 0.658. The van der Waals surface area contributed by atoms with Crippen LogP contribution in [0.4, 0.5) is 0 Å². The molecule has 0 bridgehead atoms. The molecule has 1 aliphatic rings. The van der Waals surface area contributed by atoms with Gasteiger partial charge in [-0.1, -0.05) is 19.3 Å². The van der Waals surface area contributed by atoms with E-state index in [-0.39, 0.29) is 0 Å². The minimum absolute atomic E-state index is 0.576. The van der Waals surface area contributed by atoms with Gasteiger partial charge in [0.05, 0.1) is 18.5 Å². The first-order valence-corrected chi connectivity index (χ1v) is 4.78. The number of hydrogen-bond acceptors (Lipinski definition) is 2. The van der Waals surface area contributed by atoms with Crippen molar-refractivity contribution in [3.05, 3.63) is 12.3 Å². The van der Waals surface area contributed by atoms with Crippen molar-refractivity contribution in [3.8, 4) is 0 Å². The van der Waals surface area contributed by atoms with Gasteiger partial charge in [-0.05, 0) is 25.8 Å².